The molecule has 0 unspecified atom stereocenters. The molecule has 1 saturated carbocycles. The molecule has 1 aliphatic carbocycles. The van der Waals surface area contributed by atoms with Crippen molar-refractivity contribution < 1.29 is 8.42 Å². The number of piperidine rings is 1. The third-order valence-corrected chi connectivity index (χ3v) is 7.49. The van der Waals surface area contributed by atoms with Crippen LogP contribution in [0.1, 0.15) is 32.6 Å². The fraction of sp³-hybridized carbons (Fsp3) is 0.476. The fourth-order valence-corrected chi connectivity index (χ4v) is 5.31. The summed E-state index contributed by atoms with van der Waals surface area (Å²) in [5.41, 5.74) is 0.662. The first-order valence-electron chi connectivity index (χ1n) is 10.1. The number of anilines is 2. The minimum Gasteiger partial charge on any atom is -0.367 e. The quantitative estimate of drug-likeness (QED) is 0.772. The first kappa shape index (κ1) is 19.2. The van der Waals surface area contributed by atoms with Gasteiger partial charge in [0.1, 0.15) is 10.7 Å². The van der Waals surface area contributed by atoms with Crippen molar-refractivity contribution in [2.45, 2.75) is 49.6 Å². The number of likely N-dealkylation sites (tertiary alicyclic amines) is 1. The number of hydrogen-bond acceptors (Lipinski definition) is 5. The van der Waals surface area contributed by atoms with Gasteiger partial charge < -0.3 is 10.2 Å². The predicted molar refractivity (Wildman–Crippen MR) is 112 cm³/mol. The summed E-state index contributed by atoms with van der Waals surface area (Å²) >= 11 is 0. The number of rotatable bonds is 7. The number of nitrogens with zero attached hydrogens (tertiary/aromatic N) is 3. The van der Waals surface area contributed by atoms with Gasteiger partial charge in [0.05, 0.1) is 5.69 Å². The summed E-state index contributed by atoms with van der Waals surface area (Å²) in [6.07, 6.45) is 6.38. The van der Waals surface area contributed by atoms with E-state index in [0.717, 1.165) is 37.8 Å². The van der Waals surface area contributed by atoms with Crippen molar-refractivity contribution in [3.8, 4) is 0 Å². The zero-order chi connectivity index (χ0) is 19.6. The average Bonchev–Trinajstić information content (AvgIpc) is 3.56. The summed E-state index contributed by atoms with van der Waals surface area (Å²) in [5.74, 6) is 0.742. The summed E-state index contributed by atoms with van der Waals surface area (Å²) < 4.78 is 27.5. The van der Waals surface area contributed by atoms with Gasteiger partial charge in [0, 0.05) is 37.9 Å². The predicted octanol–water partition coefficient (Wildman–Crippen LogP) is 3.34. The topological polar surface area (TPSA) is 65.5 Å². The van der Waals surface area contributed by atoms with Crippen molar-refractivity contribution in [2.75, 3.05) is 29.3 Å². The third kappa shape index (κ3) is 4.15. The zero-order valence-corrected chi connectivity index (χ0v) is 17.1. The molecule has 6 nitrogen and oxygen atoms in total. The van der Waals surface area contributed by atoms with Crippen LogP contribution < -0.4 is 9.62 Å². The Bertz CT molecular complexity index is 874. The van der Waals surface area contributed by atoms with Crippen LogP contribution in [-0.2, 0) is 10.0 Å². The minimum atomic E-state index is -3.63. The Morgan fingerprint density at radius 2 is 1.79 bits per heavy atom. The molecule has 0 amide bonds. The first-order valence-corrected chi connectivity index (χ1v) is 11.6. The van der Waals surface area contributed by atoms with Crippen LogP contribution in [0.5, 0.6) is 0 Å². The molecule has 0 spiro atoms. The maximum absolute atomic E-state index is 13.0. The number of nitrogens with one attached hydrogen (secondary N) is 1. The van der Waals surface area contributed by atoms with Gasteiger partial charge in [-0.25, -0.2) is 13.4 Å². The Morgan fingerprint density at radius 3 is 2.36 bits per heavy atom. The standard InChI is InChI=1S/C21H28N4O2S/c1-2-25(19-6-4-3-5-7-19)28(26,27)20-10-11-21(22-16-20)23-17-12-14-24(15-13-17)18-8-9-18/h3-7,10-11,16-18H,2,8-9,12-15H2,1H3,(H,22,23). The first-order chi connectivity index (χ1) is 13.6. The summed E-state index contributed by atoms with van der Waals surface area (Å²) in [6.45, 7) is 4.47. The second-order valence-electron chi connectivity index (χ2n) is 7.57. The Morgan fingerprint density at radius 1 is 1.07 bits per heavy atom. The number of aromatic nitrogens is 1. The molecule has 0 bridgehead atoms. The Kier molecular flexibility index (Phi) is 5.55. The van der Waals surface area contributed by atoms with E-state index in [1.807, 2.05) is 25.1 Å². The zero-order valence-electron chi connectivity index (χ0n) is 16.3. The van der Waals surface area contributed by atoms with E-state index in [1.165, 1.54) is 23.3 Å². The van der Waals surface area contributed by atoms with Crippen LogP contribution in [0.3, 0.4) is 0 Å². The van der Waals surface area contributed by atoms with Crippen LogP contribution in [0.4, 0.5) is 11.5 Å². The molecule has 2 fully saturated rings. The van der Waals surface area contributed by atoms with Crippen molar-refractivity contribution in [1.29, 1.82) is 0 Å². The summed E-state index contributed by atoms with van der Waals surface area (Å²) in [7, 11) is -3.63. The van der Waals surface area contributed by atoms with E-state index in [9.17, 15) is 8.42 Å². The largest absolute Gasteiger partial charge is 0.367 e. The molecular formula is C21H28N4O2S. The van der Waals surface area contributed by atoms with Crippen molar-refractivity contribution in [1.82, 2.24) is 9.88 Å². The molecule has 1 aliphatic heterocycles. The SMILES string of the molecule is CCN(c1ccccc1)S(=O)(=O)c1ccc(NC2CCN(C3CC3)CC2)nc1. The van der Waals surface area contributed by atoms with Crippen molar-refractivity contribution in [3.63, 3.8) is 0 Å². The lowest BCUT2D eigenvalue weighted by molar-refractivity contribution is 0.210. The molecule has 28 heavy (non-hydrogen) atoms. The molecule has 2 aromatic rings. The molecule has 1 saturated heterocycles. The molecular weight excluding hydrogens is 372 g/mol. The van der Waals surface area contributed by atoms with Crippen molar-refractivity contribution in [3.05, 3.63) is 48.7 Å². The van der Waals surface area contributed by atoms with E-state index in [4.69, 9.17) is 0 Å². The lowest BCUT2D eigenvalue weighted by Gasteiger charge is -2.32. The summed E-state index contributed by atoms with van der Waals surface area (Å²) in [5, 5.41) is 3.47. The smallest absolute Gasteiger partial charge is 0.265 e. The minimum absolute atomic E-state index is 0.215. The summed E-state index contributed by atoms with van der Waals surface area (Å²) in [6, 6.07) is 13.8. The highest BCUT2D eigenvalue weighted by Gasteiger charge is 2.31. The fourth-order valence-electron chi connectivity index (χ4n) is 3.89. The highest BCUT2D eigenvalue weighted by Crippen LogP contribution is 2.30. The lowest BCUT2D eigenvalue weighted by atomic mass is 10.0. The van der Waals surface area contributed by atoms with Gasteiger partial charge in [0.2, 0.25) is 0 Å². The van der Waals surface area contributed by atoms with Crippen LogP contribution in [0.15, 0.2) is 53.6 Å². The van der Waals surface area contributed by atoms with Crippen LogP contribution in [0.25, 0.3) is 0 Å². The van der Waals surface area contributed by atoms with Gasteiger partial charge in [-0.2, -0.15) is 0 Å². The van der Waals surface area contributed by atoms with E-state index < -0.39 is 10.0 Å². The Labute approximate surface area is 167 Å². The van der Waals surface area contributed by atoms with Gasteiger partial charge >= 0.3 is 0 Å². The molecule has 1 aromatic heterocycles. The Hall–Kier alpha value is -2.12. The monoisotopic (exact) mass is 400 g/mol. The second-order valence-corrected chi connectivity index (χ2v) is 9.43. The molecule has 1 N–H and O–H groups in total. The number of pyridine rings is 1. The van der Waals surface area contributed by atoms with E-state index >= 15 is 0 Å². The van der Waals surface area contributed by atoms with Crippen molar-refractivity contribution in [2.24, 2.45) is 0 Å². The summed E-state index contributed by atoms with van der Waals surface area (Å²) in [4.78, 5) is 7.19. The lowest BCUT2D eigenvalue weighted by Crippen LogP contribution is -2.40. The second kappa shape index (κ2) is 8.09. The molecule has 2 aliphatic rings. The number of para-hydroxylation sites is 1. The average molecular weight is 401 g/mol. The van der Waals surface area contributed by atoms with Gasteiger partial charge in [0.15, 0.2) is 0 Å². The maximum atomic E-state index is 13.0. The number of sulfonamides is 1. The highest BCUT2D eigenvalue weighted by molar-refractivity contribution is 7.92. The van der Waals surface area contributed by atoms with E-state index in [1.54, 1.807) is 24.3 Å². The molecule has 150 valence electrons. The van der Waals surface area contributed by atoms with E-state index in [2.05, 4.69) is 15.2 Å². The molecule has 7 heteroatoms. The Balaban J connectivity index is 1.42. The molecule has 2 heterocycles. The van der Waals surface area contributed by atoms with E-state index in [0.29, 0.717) is 18.3 Å². The van der Waals surface area contributed by atoms with Gasteiger partial charge in [-0.1, -0.05) is 18.2 Å². The van der Waals surface area contributed by atoms with Gasteiger partial charge in [-0.05, 0) is 56.9 Å². The molecule has 4 rings (SSSR count). The molecule has 0 atom stereocenters. The van der Waals surface area contributed by atoms with Crippen molar-refractivity contribution >= 4 is 21.5 Å². The van der Waals surface area contributed by atoms with Crippen LogP contribution in [-0.4, -0.2) is 50.0 Å². The van der Waals surface area contributed by atoms with E-state index in [-0.39, 0.29) is 4.90 Å². The van der Waals surface area contributed by atoms with Gasteiger partial charge in [0.25, 0.3) is 10.0 Å². The van der Waals surface area contributed by atoms with Crippen LogP contribution in [0.2, 0.25) is 0 Å². The van der Waals surface area contributed by atoms with Crippen LogP contribution in [0, 0.1) is 0 Å². The third-order valence-electron chi connectivity index (χ3n) is 5.60. The molecule has 0 radical (unpaired) electrons. The van der Waals surface area contributed by atoms with Gasteiger partial charge in [-0.3, -0.25) is 4.31 Å². The van der Waals surface area contributed by atoms with Gasteiger partial charge in [-0.15, -0.1) is 0 Å². The number of benzene rings is 1. The number of hydrogen-bond donors (Lipinski definition) is 1. The molecule has 1 aromatic carbocycles. The van der Waals surface area contributed by atoms with Crippen LogP contribution >= 0.6 is 0 Å². The normalized spacial score (nSPS) is 18.8. The maximum Gasteiger partial charge on any atom is 0.265 e. The highest BCUT2D eigenvalue weighted by atomic mass is 32.2.